The molecule has 1 saturated heterocycles. The van der Waals surface area contributed by atoms with Crippen molar-refractivity contribution in [1.29, 1.82) is 0 Å². The van der Waals surface area contributed by atoms with Gasteiger partial charge in [0.1, 0.15) is 5.75 Å². The molecule has 9 heteroatoms. The SMILES string of the molecule is COc1ccccc1NC(=O)N1CCC[C@@H](Cn2cc(C(=O)O)nn2)C1. The van der Waals surface area contributed by atoms with E-state index in [0.717, 1.165) is 12.8 Å². The number of urea groups is 1. The lowest BCUT2D eigenvalue weighted by molar-refractivity contribution is 0.0690. The number of hydrogen-bond acceptors (Lipinski definition) is 5. The maximum absolute atomic E-state index is 12.6. The Morgan fingerprint density at radius 3 is 2.92 bits per heavy atom. The second kappa shape index (κ2) is 7.85. The second-order valence-electron chi connectivity index (χ2n) is 6.22. The number of para-hydroxylation sites is 2. The predicted molar refractivity (Wildman–Crippen MR) is 93.3 cm³/mol. The molecular weight excluding hydrogens is 338 g/mol. The standard InChI is InChI=1S/C17H21N5O4/c1-26-15-7-3-2-6-13(15)18-17(25)21-8-4-5-12(9-21)10-22-11-14(16(23)24)19-20-22/h2-3,6-7,11-12H,4-5,8-10H2,1H3,(H,18,25)(H,23,24)/t12-/m1/s1. The third-order valence-electron chi connectivity index (χ3n) is 4.36. The summed E-state index contributed by atoms with van der Waals surface area (Å²) in [4.78, 5) is 25.2. The van der Waals surface area contributed by atoms with Gasteiger partial charge in [0.05, 0.1) is 19.0 Å². The number of aromatic carboxylic acids is 1. The molecule has 2 heterocycles. The number of nitrogens with one attached hydrogen (secondary N) is 1. The van der Waals surface area contributed by atoms with Crippen LogP contribution in [0.25, 0.3) is 0 Å². The molecule has 138 valence electrons. The molecule has 1 aromatic heterocycles. The Kier molecular flexibility index (Phi) is 5.35. The fourth-order valence-corrected chi connectivity index (χ4v) is 3.09. The average Bonchev–Trinajstić information content (AvgIpc) is 3.11. The van der Waals surface area contributed by atoms with Crippen molar-refractivity contribution >= 4 is 17.7 Å². The summed E-state index contributed by atoms with van der Waals surface area (Å²) in [5, 5.41) is 19.3. The van der Waals surface area contributed by atoms with Crippen LogP contribution >= 0.6 is 0 Å². The van der Waals surface area contributed by atoms with Crippen molar-refractivity contribution in [2.75, 3.05) is 25.5 Å². The Hall–Kier alpha value is -3.10. The quantitative estimate of drug-likeness (QED) is 0.844. The molecule has 0 aliphatic carbocycles. The van der Waals surface area contributed by atoms with E-state index in [2.05, 4.69) is 15.6 Å². The Balaban J connectivity index is 1.60. The van der Waals surface area contributed by atoms with Gasteiger partial charge in [-0.2, -0.15) is 0 Å². The number of piperidine rings is 1. The van der Waals surface area contributed by atoms with Gasteiger partial charge in [-0.25, -0.2) is 9.59 Å². The van der Waals surface area contributed by atoms with E-state index in [1.807, 2.05) is 12.1 Å². The van der Waals surface area contributed by atoms with Crippen molar-refractivity contribution in [3.8, 4) is 5.75 Å². The van der Waals surface area contributed by atoms with E-state index in [4.69, 9.17) is 9.84 Å². The highest BCUT2D eigenvalue weighted by Crippen LogP contribution is 2.25. The highest BCUT2D eigenvalue weighted by Gasteiger charge is 2.25. The first-order valence-corrected chi connectivity index (χ1v) is 8.39. The van der Waals surface area contributed by atoms with E-state index in [1.165, 1.54) is 10.9 Å². The summed E-state index contributed by atoms with van der Waals surface area (Å²) in [6.07, 6.45) is 3.24. The monoisotopic (exact) mass is 359 g/mol. The minimum atomic E-state index is -1.10. The molecule has 0 saturated carbocycles. The summed E-state index contributed by atoms with van der Waals surface area (Å²) in [6, 6.07) is 7.08. The fourth-order valence-electron chi connectivity index (χ4n) is 3.09. The van der Waals surface area contributed by atoms with Crippen LogP contribution in [-0.2, 0) is 6.54 Å². The van der Waals surface area contributed by atoms with Crippen molar-refractivity contribution in [2.45, 2.75) is 19.4 Å². The van der Waals surface area contributed by atoms with Gasteiger partial charge >= 0.3 is 12.0 Å². The van der Waals surface area contributed by atoms with Crippen LogP contribution in [0.3, 0.4) is 0 Å². The molecule has 0 unspecified atom stereocenters. The van der Waals surface area contributed by atoms with Gasteiger partial charge in [0.25, 0.3) is 0 Å². The number of carbonyl (C=O) groups excluding carboxylic acids is 1. The molecule has 1 fully saturated rings. The summed E-state index contributed by atoms with van der Waals surface area (Å²) in [5.74, 6) is -0.300. The molecule has 1 aliphatic rings. The summed E-state index contributed by atoms with van der Waals surface area (Å²) in [6.45, 7) is 1.77. The minimum Gasteiger partial charge on any atom is -0.495 e. The predicted octanol–water partition coefficient (Wildman–Crippen LogP) is 1.93. The van der Waals surface area contributed by atoms with Crippen molar-refractivity contribution < 1.29 is 19.4 Å². The maximum Gasteiger partial charge on any atom is 0.358 e. The van der Waals surface area contributed by atoms with Crippen LogP contribution < -0.4 is 10.1 Å². The number of carbonyl (C=O) groups is 2. The maximum atomic E-state index is 12.6. The molecule has 0 radical (unpaired) electrons. The third-order valence-corrected chi connectivity index (χ3v) is 4.36. The molecule has 1 aliphatic heterocycles. The number of carboxylic acids is 1. The van der Waals surface area contributed by atoms with Crippen LogP contribution in [0.4, 0.5) is 10.5 Å². The van der Waals surface area contributed by atoms with Crippen molar-refractivity contribution in [3.05, 3.63) is 36.2 Å². The summed E-state index contributed by atoms with van der Waals surface area (Å²) in [7, 11) is 1.56. The molecule has 1 aromatic carbocycles. The summed E-state index contributed by atoms with van der Waals surface area (Å²) >= 11 is 0. The van der Waals surface area contributed by atoms with Crippen LogP contribution in [0.2, 0.25) is 0 Å². The van der Waals surface area contributed by atoms with Gasteiger partial charge in [-0.3, -0.25) is 4.68 Å². The molecule has 2 amide bonds. The normalized spacial score (nSPS) is 17.0. The Morgan fingerprint density at radius 1 is 1.38 bits per heavy atom. The van der Waals surface area contributed by atoms with Crippen molar-refractivity contribution in [3.63, 3.8) is 0 Å². The van der Waals surface area contributed by atoms with Crippen LogP contribution in [0.15, 0.2) is 30.5 Å². The number of methoxy groups -OCH3 is 1. The van der Waals surface area contributed by atoms with E-state index in [0.29, 0.717) is 31.1 Å². The molecule has 26 heavy (non-hydrogen) atoms. The largest absolute Gasteiger partial charge is 0.495 e. The van der Waals surface area contributed by atoms with Gasteiger partial charge in [0.2, 0.25) is 0 Å². The van der Waals surface area contributed by atoms with E-state index >= 15 is 0 Å². The first-order valence-electron chi connectivity index (χ1n) is 8.39. The Morgan fingerprint density at radius 2 is 2.19 bits per heavy atom. The van der Waals surface area contributed by atoms with Gasteiger partial charge in [-0.05, 0) is 30.9 Å². The third kappa shape index (κ3) is 4.11. The average molecular weight is 359 g/mol. The molecule has 9 nitrogen and oxygen atoms in total. The van der Waals surface area contributed by atoms with Crippen molar-refractivity contribution in [1.82, 2.24) is 19.9 Å². The number of rotatable bonds is 5. The number of amides is 2. The van der Waals surface area contributed by atoms with Gasteiger partial charge < -0.3 is 20.1 Å². The smallest absolute Gasteiger partial charge is 0.358 e. The van der Waals surface area contributed by atoms with Crippen LogP contribution in [0.1, 0.15) is 23.3 Å². The highest BCUT2D eigenvalue weighted by atomic mass is 16.5. The zero-order chi connectivity index (χ0) is 18.5. The van der Waals surface area contributed by atoms with Crippen LogP contribution in [-0.4, -0.2) is 57.2 Å². The lowest BCUT2D eigenvalue weighted by atomic mass is 9.98. The van der Waals surface area contributed by atoms with Gasteiger partial charge in [-0.1, -0.05) is 17.3 Å². The molecular formula is C17H21N5O4. The Bertz CT molecular complexity index is 791. The van der Waals surface area contributed by atoms with Gasteiger partial charge in [0.15, 0.2) is 5.69 Å². The lowest BCUT2D eigenvalue weighted by Gasteiger charge is -2.32. The molecule has 0 spiro atoms. The number of hydrogen-bond donors (Lipinski definition) is 2. The molecule has 3 rings (SSSR count). The zero-order valence-electron chi connectivity index (χ0n) is 14.5. The van der Waals surface area contributed by atoms with E-state index in [-0.39, 0.29) is 17.6 Å². The number of anilines is 1. The van der Waals surface area contributed by atoms with E-state index < -0.39 is 5.97 Å². The minimum absolute atomic E-state index is 0.0772. The molecule has 1 atom stereocenters. The summed E-state index contributed by atoms with van der Waals surface area (Å²) < 4.78 is 6.78. The van der Waals surface area contributed by atoms with Gasteiger partial charge in [-0.15, -0.1) is 5.10 Å². The molecule has 2 N–H and O–H groups in total. The van der Waals surface area contributed by atoms with Crippen molar-refractivity contribution in [2.24, 2.45) is 5.92 Å². The first-order chi connectivity index (χ1) is 12.6. The molecule has 0 bridgehead atoms. The number of likely N-dealkylation sites (tertiary alicyclic amines) is 1. The fraction of sp³-hybridized carbons (Fsp3) is 0.412. The lowest BCUT2D eigenvalue weighted by Crippen LogP contribution is -2.43. The second-order valence-corrected chi connectivity index (χ2v) is 6.22. The number of nitrogens with zero attached hydrogens (tertiary/aromatic N) is 4. The zero-order valence-corrected chi connectivity index (χ0v) is 14.5. The van der Waals surface area contributed by atoms with Gasteiger partial charge in [0, 0.05) is 19.6 Å². The van der Waals surface area contributed by atoms with E-state index in [9.17, 15) is 9.59 Å². The van der Waals surface area contributed by atoms with E-state index in [1.54, 1.807) is 24.1 Å². The number of ether oxygens (including phenoxy) is 1. The molecule has 2 aromatic rings. The topological polar surface area (TPSA) is 110 Å². The highest BCUT2D eigenvalue weighted by molar-refractivity contribution is 5.91. The number of benzene rings is 1. The van der Waals surface area contributed by atoms with Crippen LogP contribution in [0.5, 0.6) is 5.75 Å². The van der Waals surface area contributed by atoms with Crippen LogP contribution in [0, 0.1) is 5.92 Å². The summed E-state index contributed by atoms with van der Waals surface area (Å²) in [5.41, 5.74) is 0.552. The number of aromatic nitrogens is 3. The number of carboxylic acid groups (broad SMARTS) is 1. The first kappa shape index (κ1) is 17.7. The Labute approximate surface area is 150 Å².